The number of methoxy groups -OCH3 is 1. The number of thioether (sulfide) groups is 1. The van der Waals surface area contributed by atoms with Gasteiger partial charge in [-0.2, -0.15) is 11.8 Å². The van der Waals surface area contributed by atoms with E-state index in [-0.39, 0.29) is 11.5 Å². The summed E-state index contributed by atoms with van der Waals surface area (Å²) in [6, 6.07) is 3.50. The normalized spacial score (nSPS) is 13.2. The highest BCUT2D eigenvalue weighted by molar-refractivity contribution is 7.98. The van der Waals surface area contributed by atoms with Gasteiger partial charge in [0.15, 0.2) is 0 Å². The summed E-state index contributed by atoms with van der Waals surface area (Å²) in [5, 5.41) is 3.62. The molecule has 0 aliphatic heterocycles. The lowest BCUT2D eigenvalue weighted by atomic mass is 9.97. The Labute approximate surface area is 194 Å². The Morgan fingerprint density at radius 1 is 1.31 bits per heavy atom. The number of aromatic amines is 1. The van der Waals surface area contributed by atoms with Crippen molar-refractivity contribution in [2.24, 2.45) is 0 Å². The number of pyridine rings is 1. The molecule has 0 aromatic carbocycles. The third kappa shape index (κ3) is 5.48. The molecule has 0 radical (unpaired) electrons. The van der Waals surface area contributed by atoms with E-state index in [0.29, 0.717) is 48.5 Å². The van der Waals surface area contributed by atoms with Crippen LogP contribution in [0.1, 0.15) is 35.5 Å². The van der Waals surface area contributed by atoms with Crippen LogP contribution in [0, 0.1) is 0 Å². The number of anilines is 1. The SMILES string of the molecule is COCCOc1ncccc1NC(=O)CCSCc1nc2sc3c(c2c(=O)[nH]1)CCCC3. The Balaban J connectivity index is 1.29. The van der Waals surface area contributed by atoms with Crippen LogP contribution in [0.4, 0.5) is 5.69 Å². The molecule has 3 aromatic rings. The lowest BCUT2D eigenvalue weighted by Crippen LogP contribution is -2.15. The average molecular weight is 475 g/mol. The number of aryl methyl sites for hydroxylation is 2. The minimum atomic E-state index is -0.120. The molecule has 3 heterocycles. The first kappa shape index (κ1) is 22.8. The third-order valence-corrected chi connectivity index (χ3v) is 7.31. The van der Waals surface area contributed by atoms with E-state index in [1.165, 1.54) is 16.9 Å². The monoisotopic (exact) mass is 474 g/mol. The van der Waals surface area contributed by atoms with Gasteiger partial charge < -0.3 is 19.8 Å². The molecule has 0 spiro atoms. The highest BCUT2D eigenvalue weighted by Gasteiger charge is 2.19. The summed E-state index contributed by atoms with van der Waals surface area (Å²) < 4.78 is 10.5. The number of ether oxygens (including phenoxy) is 2. The van der Waals surface area contributed by atoms with Gasteiger partial charge in [0.1, 0.15) is 22.9 Å². The molecular formula is C22H26N4O4S2. The molecule has 0 fully saturated rings. The van der Waals surface area contributed by atoms with Crippen LogP contribution >= 0.6 is 23.1 Å². The molecular weight excluding hydrogens is 448 g/mol. The molecule has 3 aromatic heterocycles. The van der Waals surface area contributed by atoms with E-state index in [1.807, 2.05) is 0 Å². The van der Waals surface area contributed by atoms with E-state index < -0.39 is 0 Å². The number of fused-ring (bicyclic) bond motifs is 3. The van der Waals surface area contributed by atoms with Crippen LogP contribution in [0.5, 0.6) is 5.88 Å². The van der Waals surface area contributed by atoms with Crippen LogP contribution in [0.15, 0.2) is 23.1 Å². The van der Waals surface area contributed by atoms with Crippen molar-refractivity contribution in [3.63, 3.8) is 0 Å². The zero-order valence-corrected chi connectivity index (χ0v) is 19.6. The molecule has 32 heavy (non-hydrogen) atoms. The maximum atomic E-state index is 12.6. The van der Waals surface area contributed by atoms with Crippen molar-refractivity contribution in [2.45, 2.75) is 37.9 Å². The number of amides is 1. The zero-order chi connectivity index (χ0) is 22.3. The number of H-pyrrole nitrogens is 1. The van der Waals surface area contributed by atoms with Crippen molar-refractivity contribution in [3.05, 3.63) is 44.9 Å². The van der Waals surface area contributed by atoms with Gasteiger partial charge >= 0.3 is 0 Å². The van der Waals surface area contributed by atoms with Gasteiger partial charge in [0.05, 0.1) is 17.7 Å². The second kappa shape index (κ2) is 10.9. The van der Waals surface area contributed by atoms with E-state index >= 15 is 0 Å². The smallest absolute Gasteiger partial charge is 0.259 e. The number of hydrogen-bond acceptors (Lipinski definition) is 8. The number of carbonyl (C=O) groups excluding carboxylic acids is 1. The topological polar surface area (TPSA) is 106 Å². The predicted molar refractivity (Wildman–Crippen MR) is 128 cm³/mol. The molecule has 0 unspecified atom stereocenters. The summed E-state index contributed by atoms with van der Waals surface area (Å²) in [4.78, 5) is 38.9. The Hall–Kier alpha value is -2.43. The Bertz CT molecular complexity index is 1140. The third-order valence-electron chi connectivity index (χ3n) is 5.16. The van der Waals surface area contributed by atoms with Gasteiger partial charge in [0.2, 0.25) is 11.8 Å². The molecule has 1 aliphatic carbocycles. The van der Waals surface area contributed by atoms with Crippen molar-refractivity contribution < 1.29 is 14.3 Å². The summed E-state index contributed by atoms with van der Waals surface area (Å²) in [6.07, 6.45) is 6.28. The minimum Gasteiger partial charge on any atom is -0.474 e. The Morgan fingerprint density at radius 2 is 2.19 bits per heavy atom. The summed E-state index contributed by atoms with van der Waals surface area (Å²) in [7, 11) is 1.60. The zero-order valence-electron chi connectivity index (χ0n) is 17.9. The van der Waals surface area contributed by atoms with E-state index in [1.54, 1.807) is 48.5 Å². The number of carbonyl (C=O) groups is 1. The Morgan fingerprint density at radius 3 is 3.06 bits per heavy atom. The van der Waals surface area contributed by atoms with Gasteiger partial charge in [0.25, 0.3) is 5.56 Å². The maximum Gasteiger partial charge on any atom is 0.259 e. The summed E-state index contributed by atoms with van der Waals surface area (Å²) >= 11 is 3.22. The number of hydrogen-bond donors (Lipinski definition) is 2. The molecule has 1 amide bonds. The molecule has 0 saturated carbocycles. The number of nitrogens with zero attached hydrogens (tertiary/aromatic N) is 2. The molecule has 4 rings (SSSR count). The number of rotatable bonds is 10. The molecule has 0 saturated heterocycles. The van der Waals surface area contributed by atoms with Crippen molar-refractivity contribution >= 4 is 44.9 Å². The molecule has 10 heteroatoms. The summed E-state index contributed by atoms with van der Waals surface area (Å²) in [5.41, 5.74) is 1.69. The fraction of sp³-hybridized carbons (Fsp3) is 0.455. The molecule has 0 atom stereocenters. The van der Waals surface area contributed by atoms with Crippen LogP contribution in [0.25, 0.3) is 10.2 Å². The lowest BCUT2D eigenvalue weighted by molar-refractivity contribution is -0.115. The van der Waals surface area contributed by atoms with Crippen molar-refractivity contribution in [3.8, 4) is 5.88 Å². The van der Waals surface area contributed by atoms with Crippen molar-refractivity contribution in [1.82, 2.24) is 15.0 Å². The molecule has 2 N–H and O–H groups in total. The Kier molecular flexibility index (Phi) is 7.77. The standard InChI is InChI=1S/C22H26N4O4S2/c1-29-10-11-30-21-15(6-4-9-23-21)24-18(27)8-12-31-13-17-25-20(28)19-14-5-2-3-7-16(14)32-22(19)26-17/h4,6,9H,2-3,5,7-8,10-13H2,1H3,(H,24,27)(H,25,26,28). The van der Waals surface area contributed by atoms with E-state index in [4.69, 9.17) is 9.47 Å². The van der Waals surface area contributed by atoms with Crippen LogP contribution < -0.4 is 15.6 Å². The average Bonchev–Trinajstić information content (AvgIpc) is 3.17. The number of thiophene rings is 1. The molecule has 0 bridgehead atoms. The quantitative estimate of drug-likeness (QED) is 0.433. The molecule has 170 valence electrons. The summed E-state index contributed by atoms with van der Waals surface area (Å²) in [6.45, 7) is 0.797. The predicted octanol–water partition coefficient (Wildman–Crippen LogP) is 3.55. The highest BCUT2D eigenvalue weighted by Crippen LogP contribution is 2.33. The first-order valence-corrected chi connectivity index (χ1v) is 12.6. The van der Waals surface area contributed by atoms with E-state index in [2.05, 4.69) is 20.3 Å². The van der Waals surface area contributed by atoms with Crippen LogP contribution in [0.2, 0.25) is 0 Å². The van der Waals surface area contributed by atoms with Gasteiger partial charge in [-0.1, -0.05) is 0 Å². The van der Waals surface area contributed by atoms with Gasteiger partial charge in [0, 0.05) is 30.4 Å². The largest absolute Gasteiger partial charge is 0.474 e. The maximum absolute atomic E-state index is 12.6. The van der Waals surface area contributed by atoms with Crippen LogP contribution in [-0.2, 0) is 28.1 Å². The van der Waals surface area contributed by atoms with E-state index in [9.17, 15) is 9.59 Å². The first-order valence-electron chi connectivity index (χ1n) is 10.6. The van der Waals surface area contributed by atoms with Crippen molar-refractivity contribution in [1.29, 1.82) is 0 Å². The van der Waals surface area contributed by atoms with Gasteiger partial charge in [-0.25, -0.2) is 9.97 Å². The second-order valence-corrected chi connectivity index (χ2v) is 9.64. The van der Waals surface area contributed by atoms with Gasteiger partial charge in [-0.15, -0.1) is 11.3 Å². The van der Waals surface area contributed by atoms with E-state index in [0.717, 1.165) is 29.5 Å². The van der Waals surface area contributed by atoms with Crippen LogP contribution in [0.3, 0.4) is 0 Å². The highest BCUT2D eigenvalue weighted by atomic mass is 32.2. The van der Waals surface area contributed by atoms with Crippen LogP contribution in [-0.4, -0.2) is 46.9 Å². The first-order chi connectivity index (χ1) is 15.7. The van der Waals surface area contributed by atoms with Crippen molar-refractivity contribution in [2.75, 3.05) is 31.4 Å². The fourth-order valence-electron chi connectivity index (χ4n) is 3.65. The number of nitrogens with one attached hydrogen (secondary N) is 2. The fourth-order valence-corrected chi connectivity index (χ4v) is 5.73. The summed E-state index contributed by atoms with van der Waals surface area (Å²) in [5.74, 6) is 2.07. The second-order valence-electron chi connectivity index (χ2n) is 7.45. The molecule has 1 aliphatic rings. The minimum absolute atomic E-state index is 0.0414. The number of aromatic nitrogens is 3. The molecule has 8 nitrogen and oxygen atoms in total. The lowest BCUT2D eigenvalue weighted by Gasteiger charge is -2.11. The van der Waals surface area contributed by atoms with Gasteiger partial charge in [-0.05, 0) is 43.4 Å². The van der Waals surface area contributed by atoms with Gasteiger partial charge in [-0.3, -0.25) is 9.59 Å².